The Balaban J connectivity index is 1.35. The molecule has 158 valence electrons. The van der Waals surface area contributed by atoms with Gasteiger partial charge < -0.3 is 14.0 Å². The third-order valence-electron chi connectivity index (χ3n) is 5.10. The number of fused-ring (bicyclic) bond motifs is 1. The fraction of sp³-hybridized carbons (Fsp3) is 0.579. The van der Waals surface area contributed by atoms with Crippen LogP contribution in [0.4, 0.5) is 0 Å². The maximum atomic E-state index is 13.0. The zero-order valence-electron chi connectivity index (χ0n) is 16.5. The number of unbranched alkanes of at least 4 members (excludes halogenated alkanes) is 1. The van der Waals surface area contributed by atoms with Crippen LogP contribution in [0.25, 0.3) is 0 Å². The zero-order valence-corrected chi connectivity index (χ0v) is 17.4. The van der Waals surface area contributed by atoms with Crippen LogP contribution in [0.15, 0.2) is 27.6 Å². The number of nitrogens with zero attached hydrogens (tertiary/aromatic N) is 4. The maximum Gasteiger partial charge on any atom is 0.243 e. The Labute approximate surface area is 170 Å². The Kier molecular flexibility index (Phi) is 6.02. The molecule has 2 aromatic rings. The molecule has 2 aliphatic rings. The molecule has 3 heterocycles. The van der Waals surface area contributed by atoms with Crippen molar-refractivity contribution in [2.75, 3.05) is 39.4 Å². The monoisotopic (exact) mass is 422 g/mol. The van der Waals surface area contributed by atoms with Gasteiger partial charge in [-0.1, -0.05) is 18.5 Å². The van der Waals surface area contributed by atoms with Crippen LogP contribution in [0.5, 0.6) is 11.5 Å². The van der Waals surface area contributed by atoms with Gasteiger partial charge >= 0.3 is 0 Å². The second kappa shape index (κ2) is 8.68. The lowest BCUT2D eigenvalue weighted by molar-refractivity contribution is 0.170. The number of benzene rings is 1. The maximum absolute atomic E-state index is 13.0. The van der Waals surface area contributed by atoms with E-state index < -0.39 is 10.0 Å². The van der Waals surface area contributed by atoms with Crippen molar-refractivity contribution in [2.24, 2.45) is 0 Å². The van der Waals surface area contributed by atoms with Crippen molar-refractivity contribution in [1.82, 2.24) is 19.3 Å². The highest BCUT2D eigenvalue weighted by molar-refractivity contribution is 7.89. The number of ether oxygens (including phenoxy) is 2. The molecule has 4 rings (SSSR count). The second-order valence-corrected chi connectivity index (χ2v) is 9.13. The molecule has 0 atom stereocenters. The minimum Gasteiger partial charge on any atom is -0.486 e. The quantitative estimate of drug-likeness (QED) is 0.665. The van der Waals surface area contributed by atoms with Crippen molar-refractivity contribution in [1.29, 1.82) is 0 Å². The first-order valence-corrected chi connectivity index (χ1v) is 11.4. The molecule has 0 unspecified atom stereocenters. The van der Waals surface area contributed by atoms with Gasteiger partial charge in [0.15, 0.2) is 17.3 Å². The molecule has 0 saturated carbocycles. The van der Waals surface area contributed by atoms with E-state index in [4.69, 9.17) is 14.0 Å². The van der Waals surface area contributed by atoms with Crippen LogP contribution in [-0.4, -0.2) is 67.2 Å². The lowest BCUT2D eigenvalue weighted by Crippen LogP contribution is -2.48. The molecule has 1 saturated heterocycles. The molecule has 0 amide bonds. The van der Waals surface area contributed by atoms with Gasteiger partial charge in [-0.2, -0.15) is 9.29 Å². The lowest BCUT2D eigenvalue weighted by atomic mass is 10.2. The summed E-state index contributed by atoms with van der Waals surface area (Å²) in [6.07, 6.45) is 2.90. The molecule has 1 aromatic heterocycles. The Hall–Kier alpha value is -2.17. The van der Waals surface area contributed by atoms with E-state index in [-0.39, 0.29) is 4.90 Å². The number of hydrogen-bond acceptors (Lipinski definition) is 8. The van der Waals surface area contributed by atoms with Gasteiger partial charge in [0, 0.05) is 38.7 Å². The van der Waals surface area contributed by atoms with Crippen molar-refractivity contribution in [3.63, 3.8) is 0 Å². The molecule has 1 fully saturated rings. The van der Waals surface area contributed by atoms with Crippen molar-refractivity contribution in [3.05, 3.63) is 29.9 Å². The van der Waals surface area contributed by atoms with Gasteiger partial charge in [-0.3, -0.25) is 4.90 Å². The van der Waals surface area contributed by atoms with Crippen molar-refractivity contribution < 1.29 is 22.4 Å². The normalized spacial score (nSPS) is 18.1. The van der Waals surface area contributed by atoms with E-state index in [9.17, 15) is 8.42 Å². The number of aromatic nitrogens is 2. The Morgan fingerprint density at radius 1 is 1.07 bits per heavy atom. The third-order valence-corrected chi connectivity index (χ3v) is 7.00. The number of piperazine rings is 1. The zero-order chi connectivity index (χ0) is 20.3. The van der Waals surface area contributed by atoms with Crippen LogP contribution in [0, 0.1) is 0 Å². The molecular formula is C19H26N4O5S. The topological polar surface area (TPSA) is 98.0 Å². The van der Waals surface area contributed by atoms with Crippen molar-refractivity contribution in [2.45, 2.75) is 37.6 Å². The first kappa shape index (κ1) is 20.1. The van der Waals surface area contributed by atoms with Crippen LogP contribution in [0.2, 0.25) is 0 Å². The van der Waals surface area contributed by atoms with E-state index in [0.717, 1.165) is 19.3 Å². The van der Waals surface area contributed by atoms with Crippen molar-refractivity contribution in [3.8, 4) is 11.5 Å². The summed E-state index contributed by atoms with van der Waals surface area (Å²) in [5.74, 6) is 2.38. The smallest absolute Gasteiger partial charge is 0.243 e. The van der Waals surface area contributed by atoms with Crippen LogP contribution in [0.1, 0.15) is 31.5 Å². The Morgan fingerprint density at radius 3 is 2.59 bits per heavy atom. The van der Waals surface area contributed by atoms with Crippen LogP contribution < -0.4 is 9.47 Å². The van der Waals surface area contributed by atoms with E-state index in [0.29, 0.717) is 69.2 Å². The SMILES string of the molecule is CCCCc1nc(CN2CCN(S(=O)(=O)c3ccc4c(c3)OCCO4)CC2)no1. The summed E-state index contributed by atoms with van der Waals surface area (Å²) in [7, 11) is -3.58. The van der Waals surface area contributed by atoms with Gasteiger partial charge in [0.25, 0.3) is 0 Å². The second-order valence-electron chi connectivity index (χ2n) is 7.19. The van der Waals surface area contributed by atoms with E-state index >= 15 is 0 Å². The molecule has 2 aliphatic heterocycles. The molecule has 9 nitrogen and oxygen atoms in total. The summed E-state index contributed by atoms with van der Waals surface area (Å²) < 4.78 is 43.8. The molecule has 29 heavy (non-hydrogen) atoms. The Morgan fingerprint density at radius 2 is 1.83 bits per heavy atom. The first-order valence-electron chi connectivity index (χ1n) is 10.00. The van der Waals surface area contributed by atoms with Crippen LogP contribution in [0.3, 0.4) is 0 Å². The predicted molar refractivity (Wildman–Crippen MR) is 104 cm³/mol. The van der Waals surface area contributed by atoms with Gasteiger partial charge in [0.05, 0.1) is 11.4 Å². The first-order chi connectivity index (χ1) is 14.1. The van der Waals surface area contributed by atoms with Crippen molar-refractivity contribution >= 4 is 10.0 Å². The highest BCUT2D eigenvalue weighted by Gasteiger charge is 2.30. The van der Waals surface area contributed by atoms with Gasteiger partial charge in [0.1, 0.15) is 13.2 Å². The highest BCUT2D eigenvalue weighted by atomic mass is 32.2. The summed E-state index contributed by atoms with van der Waals surface area (Å²) in [6, 6.07) is 4.78. The number of rotatable bonds is 7. The standard InChI is InChI=1S/C19H26N4O5S/c1-2-3-4-19-20-18(21-28-19)14-22-7-9-23(10-8-22)29(24,25)15-5-6-16-17(13-15)27-12-11-26-16/h5-6,13H,2-4,7-12,14H2,1H3. The van der Waals surface area contributed by atoms with E-state index in [1.54, 1.807) is 18.2 Å². The molecule has 1 aromatic carbocycles. The molecular weight excluding hydrogens is 396 g/mol. The molecule has 0 N–H and O–H groups in total. The Bertz CT molecular complexity index is 938. The minimum absolute atomic E-state index is 0.230. The lowest BCUT2D eigenvalue weighted by Gasteiger charge is -2.33. The summed E-state index contributed by atoms with van der Waals surface area (Å²) in [6.45, 7) is 5.64. The van der Waals surface area contributed by atoms with Gasteiger partial charge in [-0.15, -0.1) is 0 Å². The molecule has 0 radical (unpaired) electrons. The van der Waals surface area contributed by atoms with Gasteiger partial charge in [-0.05, 0) is 18.6 Å². The average molecular weight is 423 g/mol. The van der Waals surface area contributed by atoms with Gasteiger partial charge in [0.2, 0.25) is 15.9 Å². The summed E-state index contributed by atoms with van der Waals surface area (Å²) in [5.41, 5.74) is 0. The van der Waals surface area contributed by atoms with Crippen LogP contribution >= 0.6 is 0 Å². The van der Waals surface area contributed by atoms with E-state index in [1.165, 1.54) is 4.31 Å². The predicted octanol–water partition coefficient (Wildman–Crippen LogP) is 1.69. The van der Waals surface area contributed by atoms with E-state index in [1.807, 2.05) is 0 Å². The third kappa shape index (κ3) is 4.54. The molecule has 0 aliphatic carbocycles. The number of hydrogen-bond donors (Lipinski definition) is 0. The van der Waals surface area contributed by atoms with Gasteiger partial charge in [-0.25, -0.2) is 8.42 Å². The largest absolute Gasteiger partial charge is 0.486 e. The minimum atomic E-state index is -3.58. The van der Waals surface area contributed by atoms with E-state index in [2.05, 4.69) is 22.0 Å². The molecule has 10 heteroatoms. The number of aryl methyl sites for hydroxylation is 1. The summed E-state index contributed by atoms with van der Waals surface area (Å²) in [5, 5.41) is 4.03. The molecule has 0 spiro atoms. The summed E-state index contributed by atoms with van der Waals surface area (Å²) in [4.78, 5) is 6.79. The fourth-order valence-corrected chi connectivity index (χ4v) is 4.88. The van der Waals surface area contributed by atoms with Crippen LogP contribution in [-0.2, 0) is 23.0 Å². The highest BCUT2D eigenvalue weighted by Crippen LogP contribution is 2.33. The fourth-order valence-electron chi connectivity index (χ4n) is 3.45. The molecule has 0 bridgehead atoms. The average Bonchev–Trinajstić information content (AvgIpc) is 3.19. The number of sulfonamides is 1. The summed E-state index contributed by atoms with van der Waals surface area (Å²) >= 11 is 0.